The summed E-state index contributed by atoms with van der Waals surface area (Å²) in [7, 11) is 0. The number of amides is 1. The predicted octanol–water partition coefficient (Wildman–Crippen LogP) is 2.36. The zero-order chi connectivity index (χ0) is 14.4. The van der Waals surface area contributed by atoms with Gasteiger partial charge in [0, 0.05) is 18.9 Å². The number of nitrogens with one attached hydrogen (secondary N) is 2. The molecule has 0 aliphatic carbocycles. The third-order valence-electron chi connectivity index (χ3n) is 2.60. The minimum atomic E-state index is 0.00262. The van der Waals surface area contributed by atoms with E-state index in [0.29, 0.717) is 16.3 Å². The molecule has 0 bridgehead atoms. The fraction of sp³-hybridized carbons (Fsp3) is 0.333. The highest BCUT2D eigenvalue weighted by Crippen LogP contribution is 2.19. The van der Waals surface area contributed by atoms with Crippen LogP contribution in [0.15, 0.2) is 22.8 Å². The molecule has 20 heavy (non-hydrogen) atoms. The van der Waals surface area contributed by atoms with E-state index < -0.39 is 0 Å². The van der Waals surface area contributed by atoms with Gasteiger partial charge in [0.05, 0.1) is 5.75 Å². The number of aromatic amines is 1. The van der Waals surface area contributed by atoms with Gasteiger partial charge in [-0.05, 0) is 42.8 Å². The van der Waals surface area contributed by atoms with Gasteiger partial charge in [0.15, 0.2) is 8.29 Å². The normalized spacial score (nSPS) is 10.4. The molecule has 0 aromatic carbocycles. The summed E-state index contributed by atoms with van der Waals surface area (Å²) in [6, 6.07) is 1.98. The highest BCUT2D eigenvalue weighted by atomic mass is 32.2. The van der Waals surface area contributed by atoms with Crippen LogP contribution in [-0.2, 0) is 11.2 Å². The molecule has 0 aliphatic heterocycles. The summed E-state index contributed by atoms with van der Waals surface area (Å²) < 4.78 is 1.41. The Labute approximate surface area is 130 Å². The Balaban J connectivity index is 1.70. The molecule has 2 aromatic rings. The minimum Gasteiger partial charge on any atom is -0.355 e. The van der Waals surface area contributed by atoms with Crippen LogP contribution in [-0.4, -0.2) is 33.4 Å². The van der Waals surface area contributed by atoms with Crippen LogP contribution < -0.4 is 5.32 Å². The monoisotopic (exact) mass is 326 g/mol. The van der Waals surface area contributed by atoms with Gasteiger partial charge < -0.3 is 5.32 Å². The van der Waals surface area contributed by atoms with E-state index in [2.05, 4.69) is 20.5 Å². The summed E-state index contributed by atoms with van der Waals surface area (Å²) >= 11 is 7.69. The SMILES string of the molecule is Cc1cnccc1CCNC(=O)CSc1n[nH]c(=S)s1. The maximum absolute atomic E-state index is 11.7. The second-order valence-corrected chi connectivity index (χ2v) is 6.96. The lowest BCUT2D eigenvalue weighted by Gasteiger charge is -2.06. The summed E-state index contributed by atoms with van der Waals surface area (Å²) in [5.74, 6) is 0.355. The molecule has 0 saturated carbocycles. The van der Waals surface area contributed by atoms with Crippen molar-refractivity contribution in [2.45, 2.75) is 17.7 Å². The van der Waals surface area contributed by atoms with Crippen LogP contribution in [0.3, 0.4) is 0 Å². The zero-order valence-electron chi connectivity index (χ0n) is 10.9. The first kappa shape index (κ1) is 15.1. The van der Waals surface area contributed by atoms with Crippen molar-refractivity contribution in [2.24, 2.45) is 0 Å². The molecule has 5 nitrogen and oxygen atoms in total. The predicted molar refractivity (Wildman–Crippen MR) is 83.7 cm³/mol. The Kier molecular flexibility index (Phi) is 5.69. The number of aromatic nitrogens is 3. The molecule has 0 aliphatic rings. The smallest absolute Gasteiger partial charge is 0.230 e. The number of hydrogen-bond acceptors (Lipinski definition) is 6. The van der Waals surface area contributed by atoms with Crippen molar-refractivity contribution in [3.63, 3.8) is 0 Å². The topological polar surface area (TPSA) is 70.7 Å². The van der Waals surface area contributed by atoms with Gasteiger partial charge in [-0.2, -0.15) is 5.10 Å². The molecule has 8 heteroatoms. The molecule has 2 aromatic heterocycles. The van der Waals surface area contributed by atoms with Crippen LogP contribution in [0, 0.1) is 10.9 Å². The highest BCUT2D eigenvalue weighted by molar-refractivity contribution is 8.01. The second kappa shape index (κ2) is 7.51. The van der Waals surface area contributed by atoms with Crippen molar-refractivity contribution < 1.29 is 4.79 Å². The lowest BCUT2D eigenvalue weighted by atomic mass is 10.1. The number of H-pyrrole nitrogens is 1. The van der Waals surface area contributed by atoms with Crippen molar-refractivity contribution in [2.75, 3.05) is 12.3 Å². The van der Waals surface area contributed by atoms with Crippen molar-refractivity contribution in [1.82, 2.24) is 20.5 Å². The first-order valence-electron chi connectivity index (χ1n) is 5.99. The lowest BCUT2D eigenvalue weighted by molar-refractivity contribution is -0.118. The molecular formula is C12H14N4OS3. The maximum atomic E-state index is 11.7. The fourth-order valence-corrected chi connectivity index (χ4v) is 3.49. The summed E-state index contributed by atoms with van der Waals surface area (Å²) in [5, 5.41) is 9.58. The first-order chi connectivity index (χ1) is 9.65. The average Bonchev–Trinajstić information content (AvgIpc) is 2.84. The molecule has 0 fully saturated rings. The van der Waals surface area contributed by atoms with Crippen molar-refractivity contribution in [3.8, 4) is 0 Å². The third-order valence-corrected chi connectivity index (χ3v) is 4.83. The standard InChI is InChI=1S/C12H14N4OS3/c1-8-6-13-4-2-9(8)3-5-14-10(17)7-19-12-16-15-11(18)20-12/h2,4,6H,3,5,7H2,1H3,(H,14,17)(H,15,18). The molecule has 1 amide bonds. The molecule has 2 heterocycles. The van der Waals surface area contributed by atoms with Crippen molar-refractivity contribution in [3.05, 3.63) is 33.5 Å². The van der Waals surface area contributed by atoms with Gasteiger partial charge in [-0.15, -0.1) is 0 Å². The number of rotatable bonds is 6. The Morgan fingerprint density at radius 1 is 1.60 bits per heavy atom. The minimum absolute atomic E-state index is 0.00262. The maximum Gasteiger partial charge on any atom is 0.230 e. The van der Waals surface area contributed by atoms with E-state index >= 15 is 0 Å². The van der Waals surface area contributed by atoms with E-state index in [9.17, 15) is 4.79 Å². The Bertz CT molecular complexity index is 637. The number of carbonyl (C=O) groups is 1. The molecule has 2 N–H and O–H groups in total. The summed E-state index contributed by atoms with van der Waals surface area (Å²) in [4.78, 5) is 15.7. The molecule has 0 saturated heterocycles. The van der Waals surface area contributed by atoms with Crippen molar-refractivity contribution in [1.29, 1.82) is 0 Å². The van der Waals surface area contributed by atoms with Gasteiger partial charge in [-0.1, -0.05) is 23.1 Å². The quantitative estimate of drug-likeness (QED) is 0.630. The number of aryl methyl sites for hydroxylation is 1. The van der Waals surface area contributed by atoms with Crippen LogP contribution in [0.1, 0.15) is 11.1 Å². The van der Waals surface area contributed by atoms with Crippen molar-refractivity contribution >= 4 is 41.2 Å². The van der Waals surface area contributed by atoms with Gasteiger partial charge >= 0.3 is 0 Å². The van der Waals surface area contributed by atoms with E-state index in [1.54, 1.807) is 6.20 Å². The van der Waals surface area contributed by atoms with Crippen LogP contribution >= 0.6 is 35.3 Å². The van der Waals surface area contributed by atoms with Crippen LogP contribution in [0.25, 0.3) is 0 Å². The van der Waals surface area contributed by atoms with Gasteiger partial charge in [0.25, 0.3) is 0 Å². The van der Waals surface area contributed by atoms with Crippen LogP contribution in [0.2, 0.25) is 0 Å². The van der Waals surface area contributed by atoms with Crippen LogP contribution in [0.4, 0.5) is 0 Å². The largest absolute Gasteiger partial charge is 0.355 e. The Morgan fingerprint density at radius 3 is 3.15 bits per heavy atom. The summed E-state index contributed by atoms with van der Waals surface area (Å²) in [5.41, 5.74) is 2.35. The van der Waals surface area contributed by atoms with E-state index in [0.717, 1.165) is 16.3 Å². The molecule has 106 valence electrons. The molecule has 0 unspecified atom stereocenters. The van der Waals surface area contributed by atoms with E-state index in [1.807, 2.05) is 19.2 Å². The lowest BCUT2D eigenvalue weighted by Crippen LogP contribution is -2.27. The average molecular weight is 326 g/mol. The molecule has 2 rings (SSSR count). The fourth-order valence-electron chi connectivity index (χ4n) is 1.58. The van der Waals surface area contributed by atoms with Gasteiger partial charge in [-0.25, -0.2) is 0 Å². The van der Waals surface area contributed by atoms with Gasteiger partial charge in [-0.3, -0.25) is 14.9 Å². The molecule has 0 radical (unpaired) electrons. The number of carbonyl (C=O) groups excluding carboxylic acids is 1. The number of thioether (sulfide) groups is 1. The van der Waals surface area contributed by atoms with E-state index in [4.69, 9.17) is 12.2 Å². The van der Waals surface area contributed by atoms with Gasteiger partial charge in [0.2, 0.25) is 5.91 Å². The summed E-state index contributed by atoms with van der Waals surface area (Å²) in [6.45, 7) is 2.64. The molecular weight excluding hydrogens is 312 g/mol. The Morgan fingerprint density at radius 2 is 2.45 bits per heavy atom. The van der Waals surface area contributed by atoms with Crippen LogP contribution in [0.5, 0.6) is 0 Å². The number of nitrogens with zero attached hydrogens (tertiary/aromatic N) is 2. The first-order valence-corrected chi connectivity index (χ1v) is 8.20. The number of pyridine rings is 1. The molecule has 0 atom stereocenters. The second-order valence-electron chi connectivity index (χ2n) is 4.07. The summed E-state index contributed by atoms with van der Waals surface area (Å²) in [6.07, 6.45) is 4.41. The van der Waals surface area contributed by atoms with Gasteiger partial charge in [0.1, 0.15) is 0 Å². The number of hydrogen-bond donors (Lipinski definition) is 2. The Hall–Kier alpha value is -1.25. The van der Waals surface area contributed by atoms with E-state index in [1.165, 1.54) is 28.7 Å². The molecule has 0 spiro atoms. The van der Waals surface area contributed by atoms with E-state index in [-0.39, 0.29) is 5.91 Å². The highest BCUT2D eigenvalue weighted by Gasteiger charge is 2.05. The zero-order valence-corrected chi connectivity index (χ0v) is 13.3. The third kappa shape index (κ3) is 4.69.